The number of carbonyl (C=O) groups is 1. The summed E-state index contributed by atoms with van der Waals surface area (Å²) in [7, 11) is 0. The maximum Gasteiger partial charge on any atom is 0.220 e. The minimum atomic E-state index is 0. The summed E-state index contributed by atoms with van der Waals surface area (Å²) in [6.07, 6.45) is 3.88. The van der Waals surface area contributed by atoms with Crippen molar-refractivity contribution in [3.63, 3.8) is 0 Å². The Kier molecular flexibility index (Phi) is 12.1. The number of carbonyl (C=O) groups excluding carboxylic acids is 1. The zero-order chi connectivity index (χ0) is 16.7. The van der Waals surface area contributed by atoms with Crippen molar-refractivity contribution in [2.45, 2.75) is 58.7 Å². The molecule has 0 aromatic heterocycles. The van der Waals surface area contributed by atoms with Crippen molar-refractivity contribution in [1.82, 2.24) is 10.2 Å². The lowest BCUT2D eigenvalue weighted by molar-refractivity contribution is -0.122. The lowest BCUT2D eigenvalue weighted by Crippen LogP contribution is -2.31. The summed E-state index contributed by atoms with van der Waals surface area (Å²) >= 11 is 0. The second-order valence-electron chi connectivity index (χ2n) is 6.57. The summed E-state index contributed by atoms with van der Waals surface area (Å²) in [5.74, 6) is 0.492. The Balaban J connectivity index is 0.00000288. The van der Waals surface area contributed by atoms with Crippen LogP contribution in [0.3, 0.4) is 0 Å². The standard InChI is InChI=1S/C19H31N3O.2ClH/c1-3-22(4-2)14-17-9-6-5-8-16(17)13-21-19(23)12-15-10-7-11-18(15)20;;/h5-6,8-9,15,18H,3-4,7,10-14,20H2,1-2H3,(H,21,23);2*1H/t15-,18+;;/m0../s1. The Bertz CT molecular complexity index is 509. The second-order valence-corrected chi connectivity index (χ2v) is 6.57. The average Bonchev–Trinajstić information content (AvgIpc) is 2.96. The van der Waals surface area contributed by atoms with Crippen molar-refractivity contribution in [2.75, 3.05) is 13.1 Å². The fourth-order valence-corrected chi connectivity index (χ4v) is 3.40. The van der Waals surface area contributed by atoms with E-state index in [1.54, 1.807) is 0 Å². The third kappa shape index (κ3) is 7.53. The molecular weight excluding hydrogens is 357 g/mol. The molecule has 1 fully saturated rings. The van der Waals surface area contributed by atoms with Gasteiger partial charge in [-0.25, -0.2) is 0 Å². The first-order chi connectivity index (χ1) is 11.1. The first-order valence-corrected chi connectivity index (χ1v) is 8.95. The van der Waals surface area contributed by atoms with Gasteiger partial charge >= 0.3 is 0 Å². The molecule has 1 amide bonds. The third-order valence-corrected chi connectivity index (χ3v) is 5.05. The smallest absolute Gasteiger partial charge is 0.220 e. The first kappa shape index (κ1) is 24.2. The predicted octanol–water partition coefficient (Wildman–Crippen LogP) is 3.51. The van der Waals surface area contributed by atoms with Gasteiger partial charge in [-0.05, 0) is 43.0 Å². The van der Waals surface area contributed by atoms with E-state index in [0.717, 1.165) is 38.9 Å². The van der Waals surface area contributed by atoms with Crippen LogP contribution < -0.4 is 11.1 Å². The van der Waals surface area contributed by atoms with Gasteiger partial charge in [-0.3, -0.25) is 9.69 Å². The molecule has 1 saturated carbocycles. The largest absolute Gasteiger partial charge is 0.352 e. The zero-order valence-electron chi connectivity index (χ0n) is 15.4. The van der Waals surface area contributed by atoms with Crippen molar-refractivity contribution in [2.24, 2.45) is 11.7 Å². The Labute approximate surface area is 164 Å². The van der Waals surface area contributed by atoms with E-state index in [-0.39, 0.29) is 36.8 Å². The highest BCUT2D eigenvalue weighted by Gasteiger charge is 2.25. The van der Waals surface area contributed by atoms with Crippen LogP contribution in [0.2, 0.25) is 0 Å². The van der Waals surface area contributed by atoms with Crippen LogP contribution in [0.5, 0.6) is 0 Å². The van der Waals surface area contributed by atoms with Crippen LogP contribution >= 0.6 is 24.8 Å². The van der Waals surface area contributed by atoms with Crippen LogP contribution in [0.15, 0.2) is 24.3 Å². The monoisotopic (exact) mass is 389 g/mol. The van der Waals surface area contributed by atoms with Crippen molar-refractivity contribution >= 4 is 30.7 Å². The van der Waals surface area contributed by atoms with E-state index in [0.29, 0.717) is 18.9 Å². The van der Waals surface area contributed by atoms with Gasteiger partial charge in [0.2, 0.25) is 5.91 Å². The van der Waals surface area contributed by atoms with Crippen LogP contribution in [-0.2, 0) is 17.9 Å². The molecule has 0 radical (unpaired) electrons. The van der Waals surface area contributed by atoms with Gasteiger partial charge in [0.25, 0.3) is 0 Å². The molecule has 144 valence electrons. The topological polar surface area (TPSA) is 58.4 Å². The van der Waals surface area contributed by atoms with E-state index in [1.165, 1.54) is 11.1 Å². The molecule has 0 spiro atoms. The predicted molar refractivity (Wildman–Crippen MR) is 109 cm³/mol. The van der Waals surface area contributed by atoms with Gasteiger partial charge in [-0.15, -0.1) is 24.8 Å². The van der Waals surface area contributed by atoms with E-state index < -0.39 is 0 Å². The molecule has 25 heavy (non-hydrogen) atoms. The molecule has 2 atom stereocenters. The molecule has 0 saturated heterocycles. The van der Waals surface area contributed by atoms with Crippen molar-refractivity contribution < 1.29 is 4.79 Å². The Morgan fingerprint density at radius 1 is 1.16 bits per heavy atom. The summed E-state index contributed by atoms with van der Waals surface area (Å²) < 4.78 is 0. The Morgan fingerprint density at radius 3 is 2.36 bits per heavy atom. The van der Waals surface area contributed by atoms with Crippen LogP contribution in [0.4, 0.5) is 0 Å². The molecule has 0 bridgehead atoms. The van der Waals surface area contributed by atoms with Gasteiger partial charge in [-0.1, -0.05) is 44.5 Å². The number of nitrogens with one attached hydrogen (secondary N) is 1. The summed E-state index contributed by atoms with van der Waals surface area (Å²) in [6.45, 7) is 7.98. The number of hydrogen-bond acceptors (Lipinski definition) is 3. The van der Waals surface area contributed by atoms with Crippen molar-refractivity contribution in [3.8, 4) is 0 Å². The highest BCUT2D eigenvalue weighted by Crippen LogP contribution is 2.26. The minimum absolute atomic E-state index is 0. The minimum Gasteiger partial charge on any atom is -0.352 e. The molecule has 0 unspecified atom stereocenters. The summed E-state index contributed by atoms with van der Waals surface area (Å²) in [5.41, 5.74) is 8.57. The second kappa shape index (κ2) is 12.5. The fourth-order valence-electron chi connectivity index (χ4n) is 3.40. The quantitative estimate of drug-likeness (QED) is 0.714. The van der Waals surface area contributed by atoms with Gasteiger partial charge in [0.05, 0.1) is 0 Å². The normalized spacial score (nSPS) is 19.2. The first-order valence-electron chi connectivity index (χ1n) is 8.95. The molecule has 4 nitrogen and oxygen atoms in total. The fraction of sp³-hybridized carbons (Fsp3) is 0.632. The Morgan fingerprint density at radius 2 is 1.80 bits per heavy atom. The number of hydrogen-bond donors (Lipinski definition) is 2. The molecule has 1 aromatic carbocycles. The summed E-state index contributed by atoms with van der Waals surface area (Å²) in [4.78, 5) is 14.6. The van der Waals surface area contributed by atoms with Crippen LogP contribution in [0.1, 0.15) is 50.7 Å². The molecule has 1 aromatic rings. The highest BCUT2D eigenvalue weighted by molar-refractivity contribution is 5.85. The zero-order valence-corrected chi connectivity index (χ0v) is 17.0. The summed E-state index contributed by atoms with van der Waals surface area (Å²) in [6, 6.07) is 8.59. The molecule has 1 aliphatic rings. The van der Waals surface area contributed by atoms with Gasteiger partial charge in [0.1, 0.15) is 0 Å². The van der Waals surface area contributed by atoms with E-state index >= 15 is 0 Å². The maximum absolute atomic E-state index is 12.2. The van der Waals surface area contributed by atoms with Crippen LogP contribution in [-0.4, -0.2) is 29.9 Å². The SMILES string of the molecule is CCN(CC)Cc1ccccc1CNC(=O)C[C@@H]1CCC[C@H]1N.Cl.Cl. The highest BCUT2D eigenvalue weighted by atomic mass is 35.5. The van der Waals surface area contributed by atoms with Gasteiger partial charge in [0.15, 0.2) is 0 Å². The van der Waals surface area contributed by atoms with Crippen molar-refractivity contribution in [1.29, 1.82) is 0 Å². The summed E-state index contributed by atoms with van der Waals surface area (Å²) in [5, 5.41) is 3.08. The van der Waals surface area contributed by atoms with Gasteiger partial charge in [-0.2, -0.15) is 0 Å². The average molecular weight is 390 g/mol. The van der Waals surface area contributed by atoms with Crippen LogP contribution in [0.25, 0.3) is 0 Å². The Hall–Kier alpha value is -0.810. The number of rotatable bonds is 8. The molecule has 1 aliphatic carbocycles. The van der Waals surface area contributed by atoms with E-state index in [9.17, 15) is 4.79 Å². The molecule has 2 rings (SSSR count). The number of amides is 1. The lowest BCUT2D eigenvalue weighted by Gasteiger charge is -2.20. The van der Waals surface area contributed by atoms with E-state index in [2.05, 4.69) is 42.3 Å². The number of benzene rings is 1. The number of halogens is 2. The molecule has 3 N–H and O–H groups in total. The van der Waals surface area contributed by atoms with Crippen molar-refractivity contribution in [3.05, 3.63) is 35.4 Å². The number of nitrogens with two attached hydrogens (primary N) is 1. The number of nitrogens with zero attached hydrogens (tertiary/aromatic N) is 1. The molecule has 0 aliphatic heterocycles. The van der Waals surface area contributed by atoms with Gasteiger partial charge < -0.3 is 11.1 Å². The van der Waals surface area contributed by atoms with E-state index in [4.69, 9.17) is 5.73 Å². The molecular formula is C19H33Cl2N3O. The van der Waals surface area contributed by atoms with Gasteiger partial charge in [0, 0.05) is 25.6 Å². The lowest BCUT2D eigenvalue weighted by atomic mass is 9.99. The molecule has 0 heterocycles. The maximum atomic E-state index is 12.2. The molecule has 6 heteroatoms. The van der Waals surface area contributed by atoms with Crippen LogP contribution in [0, 0.1) is 5.92 Å². The third-order valence-electron chi connectivity index (χ3n) is 5.05. The van der Waals surface area contributed by atoms with E-state index in [1.807, 2.05) is 6.07 Å².